The van der Waals surface area contributed by atoms with E-state index in [-0.39, 0.29) is 81.1 Å². The Balaban J connectivity index is 6.00. The molecule has 0 aromatic rings. The third-order valence-corrected chi connectivity index (χ3v) is 24.8. The van der Waals surface area contributed by atoms with Gasteiger partial charge in [-0.25, -0.2) is 0 Å². The number of amides is 8. The minimum absolute atomic E-state index is 0.0498. The highest BCUT2D eigenvalue weighted by Gasteiger charge is 2.30. The molecule has 80 heavy (non-hydrogen) atoms. The van der Waals surface area contributed by atoms with Crippen LogP contribution in [0.3, 0.4) is 0 Å². The normalized spacial score (nSPS) is 14.8. The molecule has 8 amide bonds. The first-order valence-electron chi connectivity index (χ1n) is 26.7. The van der Waals surface area contributed by atoms with Crippen molar-refractivity contribution in [2.24, 2.45) is 51.6 Å². The molecule has 0 aliphatic rings. The van der Waals surface area contributed by atoms with Gasteiger partial charge >= 0.3 is 0 Å². The first-order valence-corrected chi connectivity index (χ1v) is 36.0. The Morgan fingerprint density at radius 2 is 0.613 bits per heavy atom. The summed E-state index contributed by atoms with van der Waals surface area (Å²) in [5.41, 5.74) is 53.4. The highest BCUT2D eigenvalue weighted by Crippen LogP contribution is 2.37. The lowest BCUT2D eigenvalue weighted by atomic mass is 10.0. The van der Waals surface area contributed by atoms with Crippen molar-refractivity contribution < 1.29 is 38.4 Å². The molecular weight excluding hydrogens is 1190 g/mol. The molecule has 24 nitrogen and oxygen atoms in total. The summed E-state index contributed by atoms with van der Waals surface area (Å²) in [4.78, 5) is 105. The van der Waals surface area contributed by atoms with Gasteiger partial charge in [0, 0.05) is 87.8 Å². The van der Waals surface area contributed by atoms with E-state index in [0.29, 0.717) is 76.3 Å². The molecular formula is C48H98N16O8S8. The van der Waals surface area contributed by atoms with E-state index in [1.165, 1.54) is 64.8 Å². The average Bonchev–Trinajstić information content (AvgIpc) is 3.40. The van der Waals surface area contributed by atoms with Crippen LogP contribution in [-0.2, 0) is 38.4 Å². The van der Waals surface area contributed by atoms with E-state index >= 15 is 0 Å². The summed E-state index contributed by atoms with van der Waals surface area (Å²) in [6, 6.07) is -6.73. The Bertz CT molecular complexity index is 1890. The van der Waals surface area contributed by atoms with Crippen LogP contribution >= 0.6 is 86.4 Å². The maximum atomic E-state index is 14.1. The van der Waals surface area contributed by atoms with Crippen LogP contribution in [0.2, 0.25) is 0 Å². The van der Waals surface area contributed by atoms with E-state index in [9.17, 15) is 38.4 Å². The van der Waals surface area contributed by atoms with Gasteiger partial charge in [0.25, 0.3) is 0 Å². The van der Waals surface area contributed by atoms with Crippen LogP contribution in [0.5, 0.6) is 0 Å². The molecule has 7 atom stereocenters. The fourth-order valence-electron chi connectivity index (χ4n) is 5.88. The molecule has 0 aliphatic heterocycles. The van der Waals surface area contributed by atoms with E-state index in [2.05, 4.69) is 37.2 Å². The second kappa shape index (κ2) is 42.1. The minimum atomic E-state index is -1.20. The molecule has 0 saturated heterocycles. The summed E-state index contributed by atoms with van der Waals surface area (Å²) in [5, 5.41) is 19.2. The van der Waals surface area contributed by atoms with Gasteiger partial charge in [0.15, 0.2) is 0 Å². The van der Waals surface area contributed by atoms with Crippen LogP contribution in [0, 0.1) is 0 Å². The van der Waals surface area contributed by atoms with Crippen molar-refractivity contribution in [2.45, 2.75) is 174 Å². The highest BCUT2D eigenvalue weighted by atomic mass is 33.1. The quantitative estimate of drug-likeness (QED) is 0.0274. The number of unbranched alkanes of at least 4 members (excludes halogenated alkanes) is 3. The summed E-state index contributed by atoms with van der Waals surface area (Å²) in [5.74, 6) is -3.17. The number of primary amides is 1. The van der Waals surface area contributed by atoms with E-state index in [4.69, 9.17) is 51.6 Å². The van der Waals surface area contributed by atoms with Crippen LogP contribution in [0.4, 0.5) is 0 Å². The van der Waals surface area contributed by atoms with Gasteiger partial charge in [-0.15, -0.1) is 0 Å². The van der Waals surface area contributed by atoms with Crippen molar-refractivity contribution in [3.8, 4) is 0 Å². The number of carbonyl (C=O) groups is 8. The molecule has 0 radical (unpaired) electrons. The molecule has 0 unspecified atom stereocenters. The monoisotopic (exact) mass is 1280 g/mol. The summed E-state index contributed by atoms with van der Waals surface area (Å²) < 4.78 is -0.847. The zero-order valence-corrected chi connectivity index (χ0v) is 54.7. The first kappa shape index (κ1) is 78.2. The fraction of sp³-hybridized carbons (Fsp3) is 0.833. The van der Waals surface area contributed by atoms with Crippen LogP contribution in [0.1, 0.15) is 113 Å². The number of carbonyl (C=O) groups excluding carboxylic acids is 8. The third kappa shape index (κ3) is 37.5. The Morgan fingerprint density at radius 3 is 0.900 bits per heavy atom. The predicted octanol–water partition coefficient (Wildman–Crippen LogP) is -0.314. The molecule has 25 N–H and O–H groups in total. The van der Waals surface area contributed by atoms with Gasteiger partial charge in [0.2, 0.25) is 47.3 Å². The van der Waals surface area contributed by atoms with Crippen LogP contribution in [0.25, 0.3) is 0 Å². The SMILES string of the molecule is CC(C)(CN)SSC[C@@H](N)C(=O)NCCCC[C@@H](NC(=O)[C@H](N)CSSC(C)(C)CN)C(=O)NCCCC[C@@H](NC(=O)[C@@H](CCCCNC(=O)[C@H](N)CSSC(C)(C)CN)NC(=O)[C@H](N)CSSC(C)(C)CN)C(=O)NCC(N)=O. The lowest BCUT2D eigenvalue weighted by molar-refractivity contribution is -0.133. The average molecular weight is 1280 g/mol. The lowest BCUT2D eigenvalue weighted by Crippen LogP contribution is -2.56. The molecule has 0 bridgehead atoms. The number of hydrogen-bond acceptors (Lipinski definition) is 24. The van der Waals surface area contributed by atoms with Gasteiger partial charge in [0.1, 0.15) is 18.1 Å². The zero-order valence-electron chi connectivity index (χ0n) is 48.1. The van der Waals surface area contributed by atoms with Gasteiger partial charge < -0.3 is 88.8 Å². The number of nitrogens with two attached hydrogens (primary N) is 9. The Morgan fingerprint density at radius 1 is 0.362 bits per heavy atom. The smallest absolute Gasteiger partial charge is 0.243 e. The molecule has 466 valence electrons. The molecule has 0 rings (SSSR count). The summed E-state index contributed by atoms with van der Waals surface area (Å²) in [6.07, 6.45) is 2.73. The highest BCUT2D eigenvalue weighted by molar-refractivity contribution is 8.78. The van der Waals surface area contributed by atoms with Crippen LogP contribution in [-0.4, -0.2) is 184 Å². The minimum Gasteiger partial charge on any atom is -0.368 e. The van der Waals surface area contributed by atoms with Gasteiger partial charge in [-0.05, 0) is 113 Å². The molecule has 0 saturated carbocycles. The van der Waals surface area contributed by atoms with Crippen molar-refractivity contribution in [3.63, 3.8) is 0 Å². The van der Waals surface area contributed by atoms with Crippen molar-refractivity contribution in [3.05, 3.63) is 0 Å². The summed E-state index contributed by atoms with van der Waals surface area (Å²) >= 11 is 0. The van der Waals surface area contributed by atoms with Gasteiger partial charge in [-0.3, -0.25) is 38.4 Å². The molecule has 0 aromatic carbocycles. The third-order valence-electron chi connectivity index (χ3n) is 11.4. The van der Waals surface area contributed by atoms with Crippen LogP contribution < -0.4 is 88.8 Å². The van der Waals surface area contributed by atoms with E-state index in [1.54, 1.807) is 21.6 Å². The van der Waals surface area contributed by atoms with Gasteiger partial charge in [0.05, 0.1) is 30.7 Å². The zero-order chi connectivity index (χ0) is 61.1. The molecule has 0 aliphatic carbocycles. The predicted molar refractivity (Wildman–Crippen MR) is 343 cm³/mol. The Kier molecular flexibility index (Phi) is 41.2. The van der Waals surface area contributed by atoms with E-state index < -0.39 is 84.3 Å². The lowest BCUT2D eigenvalue weighted by Gasteiger charge is -2.25. The van der Waals surface area contributed by atoms with Crippen molar-refractivity contribution >= 4 is 134 Å². The Hall–Kier alpha value is -1.76. The number of hydrogen-bond donors (Lipinski definition) is 16. The van der Waals surface area contributed by atoms with Crippen LogP contribution in [0.15, 0.2) is 0 Å². The van der Waals surface area contributed by atoms with Crippen molar-refractivity contribution in [2.75, 3.05) is 75.4 Å². The molecule has 0 spiro atoms. The first-order chi connectivity index (χ1) is 37.3. The van der Waals surface area contributed by atoms with Gasteiger partial charge in [-0.1, -0.05) is 86.4 Å². The molecule has 0 aromatic heterocycles. The van der Waals surface area contributed by atoms with Gasteiger partial charge in [-0.2, -0.15) is 0 Å². The second-order valence-corrected chi connectivity index (χ2v) is 33.7. The summed E-state index contributed by atoms with van der Waals surface area (Å²) in [7, 11) is 11.8. The van der Waals surface area contributed by atoms with Crippen molar-refractivity contribution in [1.29, 1.82) is 0 Å². The van der Waals surface area contributed by atoms with Crippen molar-refractivity contribution in [1.82, 2.24) is 37.2 Å². The molecule has 32 heteroatoms. The maximum absolute atomic E-state index is 14.1. The fourth-order valence-corrected chi connectivity index (χ4v) is 16.1. The second-order valence-electron chi connectivity index (χ2n) is 21.5. The van der Waals surface area contributed by atoms with E-state index in [0.717, 1.165) is 0 Å². The maximum Gasteiger partial charge on any atom is 0.243 e. The topological polar surface area (TPSA) is 455 Å². The molecule has 0 heterocycles. The number of rotatable bonds is 47. The Labute approximate surface area is 507 Å². The van der Waals surface area contributed by atoms with E-state index in [1.807, 2.05) is 55.4 Å². The largest absolute Gasteiger partial charge is 0.368 e. The summed E-state index contributed by atoms with van der Waals surface area (Å²) in [6.45, 7) is 17.8. The number of nitrogens with one attached hydrogen (secondary N) is 7. The molecule has 0 fully saturated rings. The standard InChI is InChI=1S/C48H98N16O8S8/c1-45(2,26-49)77-73-22-30(53)38(66)58-18-12-9-15-34(62-40(68)32(55)24-75-79-47(5,6)28-51)42(70)60-20-14-10-16-35(43(71)61-21-37(57)65)64-44(72)36(63-41(69)33(56)25-76-80-48(7,8)29-52)17-11-13-19-59-39(67)31(54)23-74-78-46(3,4)27-50/h30-36H,9-29,49-56H2,1-8H3,(H2,57,65)(H,58,66)(H,59,67)(H,60,70)(H,61,71)(H,62,68)(H,63,69)(H,64,72)/t30-,31-,32-,33-,34-,35-,36-/m1/s1.